The van der Waals surface area contributed by atoms with Crippen molar-refractivity contribution in [2.75, 3.05) is 10.6 Å². The van der Waals surface area contributed by atoms with Crippen LogP contribution < -0.4 is 69.7 Å². The standard InChI is InChI=1S/C20H12Cl4N8O6S2.2Na/c21-15-27-16(22)30-19(29-15)25-11-5-3-9(13(7-11)39(33,34)35)1-2-10-4-6-12(8-14(10)40(36,37)38)26-20-31-17(23)28-18(24)32-20;;/h1-8H,(H,33,34,35)(H,36,37,38)(H,25,27,29,30)(H,26,28,31,32);;/q;2*+1/p-2/b2-1+;;. The summed E-state index contributed by atoms with van der Waals surface area (Å²) in [4.78, 5) is 21.0. The van der Waals surface area contributed by atoms with Crippen LogP contribution in [0, 0.1) is 0 Å². The minimum Gasteiger partial charge on any atom is -0.744 e. The van der Waals surface area contributed by atoms with Crippen molar-refractivity contribution >= 4 is 102 Å². The van der Waals surface area contributed by atoms with E-state index in [1.165, 1.54) is 24.3 Å². The average Bonchev–Trinajstić information content (AvgIpc) is 2.81. The molecule has 2 aromatic heterocycles. The van der Waals surface area contributed by atoms with Gasteiger partial charge in [0, 0.05) is 11.4 Å². The van der Waals surface area contributed by atoms with E-state index in [-0.39, 0.29) is 115 Å². The Morgan fingerprint density at radius 1 is 0.571 bits per heavy atom. The maximum Gasteiger partial charge on any atom is 1.00 e. The third-order valence-electron chi connectivity index (χ3n) is 4.68. The van der Waals surface area contributed by atoms with Crippen LogP contribution in [-0.2, 0) is 20.2 Å². The molecule has 2 N–H and O–H groups in total. The van der Waals surface area contributed by atoms with Gasteiger partial charge in [0.2, 0.25) is 33.0 Å². The summed E-state index contributed by atoms with van der Waals surface area (Å²) in [6, 6.07) is 7.26. The monoisotopic (exact) mass is 708 g/mol. The zero-order valence-electron chi connectivity index (χ0n) is 21.1. The van der Waals surface area contributed by atoms with Gasteiger partial charge in [0.15, 0.2) is 0 Å². The van der Waals surface area contributed by atoms with Crippen molar-refractivity contribution in [3.8, 4) is 0 Å². The molecule has 208 valence electrons. The van der Waals surface area contributed by atoms with E-state index < -0.39 is 30.0 Å². The Morgan fingerprint density at radius 2 is 0.881 bits per heavy atom. The second-order valence-electron chi connectivity index (χ2n) is 7.39. The molecule has 0 atom stereocenters. The average molecular weight is 710 g/mol. The minimum atomic E-state index is -5.03. The number of rotatable bonds is 8. The van der Waals surface area contributed by atoms with E-state index in [1.807, 2.05) is 0 Å². The fraction of sp³-hybridized carbons (Fsp3) is 0. The summed E-state index contributed by atoms with van der Waals surface area (Å²) in [5.74, 6) is -0.244. The van der Waals surface area contributed by atoms with Gasteiger partial charge in [-0.2, -0.15) is 29.9 Å². The molecule has 0 aliphatic heterocycles. The summed E-state index contributed by atoms with van der Waals surface area (Å²) < 4.78 is 71.9. The van der Waals surface area contributed by atoms with Gasteiger partial charge in [0.05, 0.1) is 9.79 Å². The zero-order valence-corrected chi connectivity index (χ0v) is 29.7. The predicted molar refractivity (Wildman–Crippen MR) is 144 cm³/mol. The minimum absolute atomic E-state index is 0. The first-order valence-corrected chi connectivity index (χ1v) is 14.6. The summed E-state index contributed by atoms with van der Waals surface area (Å²) in [7, 11) is -10.1. The van der Waals surface area contributed by atoms with E-state index in [0.717, 1.165) is 24.3 Å². The molecule has 0 aliphatic rings. The number of hydrogen-bond acceptors (Lipinski definition) is 14. The molecule has 22 heteroatoms. The van der Waals surface area contributed by atoms with Crippen molar-refractivity contribution in [1.82, 2.24) is 29.9 Å². The van der Waals surface area contributed by atoms with Gasteiger partial charge in [-0.1, -0.05) is 24.3 Å². The Bertz CT molecular complexity index is 1710. The number of nitrogens with one attached hydrogen (secondary N) is 2. The van der Waals surface area contributed by atoms with Crippen LogP contribution in [0.25, 0.3) is 12.2 Å². The van der Waals surface area contributed by atoms with Crippen molar-refractivity contribution in [2.24, 2.45) is 0 Å². The second kappa shape index (κ2) is 15.2. The molecule has 2 heterocycles. The molecule has 0 saturated carbocycles. The Hall–Kier alpha value is -1.22. The fourth-order valence-electron chi connectivity index (χ4n) is 3.13. The van der Waals surface area contributed by atoms with Crippen LogP contribution in [-0.4, -0.2) is 55.8 Å². The van der Waals surface area contributed by atoms with Crippen molar-refractivity contribution in [1.29, 1.82) is 0 Å². The van der Waals surface area contributed by atoms with Crippen molar-refractivity contribution in [3.05, 3.63) is 68.7 Å². The maximum absolute atomic E-state index is 12.0. The molecule has 14 nitrogen and oxygen atoms in total. The Morgan fingerprint density at radius 3 is 1.17 bits per heavy atom. The van der Waals surface area contributed by atoms with Crippen LogP contribution >= 0.6 is 46.4 Å². The van der Waals surface area contributed by atoms with E-state index in [4.69, 9.17) is 46.4 Å². The largest absolute Gasteiger partial charge is 1.00 e. The van der Waals surface area contributed by atoms with E-state index in [0.29, 0.717) is 0 Å². The van der Waals surface area contributed by atoms with Gasteiger partial charge < -0.3 is 19.7 Å². The van der Waals surface area contributed by atoms with Crippen LogP contribution in [0.2, 0.25) is 21.1 Å². The second-order valence-corrected chi connectivity index (χ2v) is 11.4. The quantitative estimate of drug-likeness (QED) is 0.117. The van der Waals surface area contributed by atoms with Gasteiger partial charge in [-0.25, -0.2) is 16.8 Å². The maximum atomic E-state index is 12.0. The molecule has 4 rings (SSSR count). The van der Waals surface area contributed by atoms with Gasteiger partial charge in [0.1, 0.15) is 20.2 Å². The molecule has 0 amide bonds. The summed E-state index contributed by atoms with van der Waals surface area (Å²) in [5.41, 5.74) is -0.0558. The van der Waals surface area contributed by atoms with E-state index in [9.17, 15) is 25.9 Å². The number of halogens is 4. The summed E-state index contributed by atoms with van der Waals surface area (Å²) in [5, 5.41) is 4.36. The van der Waals surface area contributed by atoms with Crippen LogP contribution in [0.3, 0.4) is 0 Å². The van der Waals surface area contributed by atoms with Gasteiger partial charge in [-0.3, -0.25) is 0 Å². The molecule has 0 bridgehead atoms. The zero-order chi connectivity index (χ0) is 29.2. The number of benzene rings is 2. The van der Waals surface area contributed by atoms with Crippen molar-refractivity contribution in [3.63, 3.8) is 0 Å². The molecule has 0 aliphatic carbocycles. The molecule has 2 aromatic carbocycles. The molecule has 0 fully saturated rings. The molecular formula is C20H10Cl4N8Na2O6S2. The molecular weight excluding hydrogens is 700 g/mol. The number of hydrogen-bond donors (Lipinski definition) is 2. The molecule has 0 saturated heterocycles. The van der Waals surface area contributed by atoms with Gasteiger partial charge >= 0.3 is 59.1 Å². The first kappa shape index (κ1) is 37.0. The van der Waals surface area contributed by atoms with Crippen molar-refractivity contribution < 1.29 is 85.1 Å². The fourth-order valence-corrected chi connectivity index (χ4v) is 5.25. The molecule has 0 radical (unpaired) electrons. The van der Waals surface area contributed by atoms with E-state index in [1.54, 1.807) is 0 Å². The topological polar surface area (TPSA) is 216 Å². The summed E-state index contributed by atoms with van der Waals surface area (Å²) in [6.45, 7) is 0. The summed E-state index contributed by atoms with van der Waals surface area (Å²) >= 11 is 22.9. The van der Waals surface area contributed by atoms with Gasteiger partial charge in [0.25, 0.3) is 0 Å². The van der Waals surface area contributed by atoms with Gasteiger partial charge in [-0.15, -0.1) is 0 Å². The SMILES string of the molecule is O=S(=O)([O-])c1cc(Nc2nc(Cl)nc(Cl)n2)ccc1/C=C/c1ccc(Nc2nc(Cl)nc(Cl)n2)cc1S(=O)(=O)[O-].[Na+].[Na+]. The smallest absolute Gasteiger partial charge is 0.744 e. The normalized spacial score (nSPS) is 11.5. The summed E-state index contributed by atoms with van der Waals surface area (Å²) in [6.07, 6.45) is 2.29. The van der Waals surface area contributed by atoms with Crippen LogP contribution in [0.5, 0.6) is 0 Å². The van der Waals surface area contributed by atoms with Crippen LogP contribution in [0.15, 0.2) is 46.2 Å². The third kappa shape index (κ3) is 10.2. The number of aromatic nitrogens is 6. The number of anilines is 4. The Kier molecular flexibility index (Phi) is 13.4. The first-order chi connectivity index (χ1) is 18.7. The van der Waals surface area contributed by atoms with Gasteiger partial charge in [-0.05, 0) is 81.8 Å². The molecule has 42 heavy (non-hydrogen) atoms. The van der Waals surface area contributed by atoms with E-state index >= 15 is 0 Å². The molecule has 0 unspecified atom stereocenters. The first-order valence-electron chi connectivity index (χ1n) is 10.2. The third-order valence-corrected chi connectivity index (χ3v) is 7.14. The Balaban J connectivity index is 0.00000308. The Labute approximate surface area is 302 Å². The van der Waals surface area contributed by atoms with E-state index in [2.05, 4.69) is 40.5 Å². The van der Waals surface area contributed by atoms with Crippen LogP contribution in [0.4, 0.5) is 23.3 Å². The predicted octanol–water partition coefficient (Wildman–Crippen LogP) is -1.86. The molecule has 0 spiro atoms. The van der Waals surface area contributed by atoms with Crippen LogP contribution in [0.1, 0.15) is 11.1 Å². The molecule has 4 aromatic rings. The number of nitrogens with zero attached hydrogens (tertiary/aromatic N) is 6. The van der Waals surface area contributed by atoms with Crippen molar-refractivity contribution in [2.45, 2.75) is 9.79 Å².